The Morgan fingerprint density at radius 3 is 1.57 bits per heavy atom. The monoisotopic (exact) mass is 397 g/mol. The topological polar surface area (TPSA) is 60.9 Å². The summed E-state index contributed by atoms with van der Waals surface area (Å²) in [6.07, 6.45) is 6.74. The summed E-state index contributed by atoms with van der Waals surface area (Å²) in [5, 5.41) is 0. The number of rotatable bonds is 14. The Bertz CT molecular complexity index is 478. The number of Topliss-reactive ketones (excluding diaryl/α,β-unsaturated/α-hetero) is 1. The third-order valence-corrected chi connectivity index (χ3v) is 5.27. The van der Waals surface area contributed by atoms with Crippen LogP contribution in [-0.2, 0) is 9.59 Å². The molecule has 0 aromatic heterocycles. The fourth-order valence-corrected chi connectivity index (χ4v) is 2.86. The molecule has 0 atom stereocenters. The lowest BCUT2D eigenvalue weighted by Crippen LogP contribution is -2.39. The minimum atomic E-state index is 0.0360. The van der Waals surface area contributed by atoms with Crippen LogP contribution in [0.2, 0.25) is 0 Å². The van der Waals surface area contributed by atoms with E-state index >= 15 is 0 Å². The molecule has 28 heavy (non-hydrogen) atoms. The molecule has 0 radical (unpaired) electrons. The van der Waals surface area contributed by atoms with Crippen molar-refractivity contribution in [2.75, 3.05) is 34.2 Å². The Balaban J connectivity index is 3.87. The van der Waals surface area contributed by atoms with Gasteiger partial charge in [0.2, 0.25) is 5.91 Å². The van der Waals surface area contributed by atoms with Gasteiger partial charge in [0.05, 0.1) is 0 Å². The first-order valence-corrected chi connectivity index (χ1v) is 10.8. The maximum absolute atomic E-state index is 12.4. The first-order valence-electron chi connectivity index (χ1n) is 10.8. The standard InChI is InChI=1S/C22H43N3O3/c1-18(2)20(26)14-10-8-12-16-23(5)22(28)24(6)17-13-9-11-15-21(27)25(7)19(3)4/h18-19H,8-17H2,1-7H3. The molecule has 0 spiro atoms. The van der Waals surface area contributed by atoms with Crippen LogP contribution >= 0.6 is 0 Å². The van der Waals surface area contributed by atoms with Crippen molar-refractivity contribution in [3.8, 4) is 0 Å². The Kier molecular flexibility index (Phi) is 13.6. The van der Waals surface area contributed by atoms with E-state index in [1.54, 1.807) is 14.7 Å². The van der Waals surface area contributed by atoms with Gasteiger partial charge in [0.25, 0.3) is 0 Å². The van der Waals surface area contributed by atoms with Crippen LogP contribution in [0.15, 0.2) is 0 Å². The van der Waals surface area contributed by atoms with E-state index in [0.29, 0.717) is 25.2 Å². The largest absolute Gasteiger partial charge is 0.343 e. The van der Waals surface area contributed by atoms with Gasteiger partial charge in [0.1, 0.15) is 5.78 Å². The quantitative estimate of drug-likeness (QED) is 0.413. The van der Waals surface area contributed by atoms with Gasteiger partial charge in [0.15, 0.2) is 0 Å². The fourth-order valence-electron chi connectivity index (χ4n) is 2.86. The van der Waals surface area contributed by atoms with Crippen LogP contribution in [0.25, 0.3) is 0 Å². The first-order chi connectivity index (χ1) is 13.1. The number of carbonyl (C=O) groups excluding carboxylic acids is 3. The van der Waals surface area contributed by atoms with Crippen molar-refractivity contribution in [1.29, 1.82) is 0 Å². The van der Waals surface area contributed by atoms with E-state index < -0.39 is 0 Å². The first kappa shape index (κ1) is 26.4. The lowest BCUT2D eigenvalue weighted by atomic mass is 10.0. The van der Waals surface area contributed by atoms with Crippen LogP contribution in [0, 0.1) is 5.92 Å². The third-order valence-electron chi connectivity index (χ3n) is 5.27. The van der Waals surface area contributed by atoms with Crippen LogP contribution in [0.4, 0.5) is 4.79 Å². The van der Waals surface area contributed by atoms with E-state index in [1.165, 1.54) is 0 Å². The second kappa shape index (κ2) is 14.4. The predicted octanol–water partition coefficient (Wildman–Crippen LogP) is 4.18. The highest BCUT2D eigenvalue weighted by Gasteiger charge is 2.14. The maximum Gasteiger partial charge on any atom is 0.319 e. The average Bonchev–Trinajstić information content (AvgIpc) is 2.64. The van der Waals surface area contributed by atoms with Gasteiger partial charge in [-0.3, -0.25) is 9.59 Å². The number of ketones is 1. The molecule has 3 amide bonds. The number of unbranched alkanes of at least 4 members (excludes halogenated alkanes) is 4. The second-order valence-corrected chi connectivity index (χ2v) is 8.47. The van der Waals surface area contributed by atoms with Crippen LogP contribution in [0.1, 0.15) is 79.1 Å². The molecule has 0 bridgehead atoms. The molecule has 0 fully saturated rings. The smallest absolute Gasteiger partial charge is 0.319 e. The van der Waals surface area contributed by atoms with Gasteiger partial charge in [-0.05, 0) is 39.5 Å². The Labute approximate surface area is 172 Å². The molecule has 0 heterocycles. The van der Waals surface area contributed by atoms with Crippen molar-refractivity contribution in [2.45, 2.75) is 85.1 Å². The summed E-state index contributed by atoms with van der Waals surface area (Å²) >= 11 is 0. The molecule has 0 aliphatic rings. The molecular weight excluding hydrogens is 354 g/mol. The van der Waals surface area contributed by atoms with Crippen molar-refractivity contribution >= 4 is 17.7 Å². The zero-order valence-electron chi connectivity index (χ0n) is 19.3. The summed E-state index contributed by atoms with van der Waals surface area (Å²) in [5.74, 6) is 0.628. The highest BCUT2D eigenvalue weighted by Crippen LogP contribution is 2.09. The molecule has 6 heteroatoms. The highest BCUT2D eigenvalue weighted by molar-refractivity contribution is 5.80. The van der Waals surface area contributed by atoms with Gasteiger partial charge in [-0.1, -0.05) is 26.7 Å². The lowest BCUT2D eigenvalue weighted by molar-refractivity contribution is -0.131. The van der Waals surface area contributed by atoms with Gasteiger partial charge >= 0.3 is 6.03 Å². The van der Waals surface area contributed by atoms with Gasteiger partial charge < -0.3 is 14.7 Å². The summed E-state index contributed by atoms with van der Waals surface area (Å²) in [6.45, 7) is 9.33. The molecule has 0 unspecified atom stereocenters. The van der Waals surface area contributed by atoms with Gasteiger partial charge in [-0.25, -0.2) is 4.79 Å². The van der Waals surface area contributed by atoms with E-state index in [-0.39, 0.29) is 23.9 Å². The summed E-state index contributed by atoms with van der Waals surface area (Å²) in [5.41, 5.74) is 0. The molecule has 0 rings (SSSR count). The molecule has 0 aliphatic carbocycles. The summed E-state index contributed by atoms with van der Waals surface area (Å²) in [7, 11) is 5.51. The molecule has 0 aromatic rings. The second-order valence-electron chi connectivity index (χ2n) is 8.47. The van der Waals surface area contributed by atoms with Gasteiger partial charge in [-0.15, -0.1) is 0 Å². The molecule has 0 aromatic carbocycles. The van der Waals surface area contributed by atoms with E-state index in [9.17, 15) is 14.4 Å². The normalized spacial score (nSPS) is 11.0. The maximum atomic E-state index is 12.4. The van der Waals surface area contributed by atoms with E-state index in [2.05, 4.69) is 0 Å². The van der Waals surface area contributed by atoms with Crippen molar-refractivity contribution in [3.05, 3.63) is 0 Å². The number of nitrogens with zero attached hydrogens (tertiary/aromatic N) is 3. The Hall–Kier alpha value is -1.59. The molecule has 164 valence electrons. The predicted molar refractivity (Wildman–Crippen MR) is 115 cm³/mol. The molecular formula is C22H43N3O3. The van der Waals surface area contributed by atoms with Crippen molar-refractivity contribution in [1.82, 2.24) is 14.7 Å². The number of hydrogen-bond donors (Lipinski definition) is 0. The highest BCUT2D eigenvalue weighted by atomic mass is 16.2. The molecule has 0 saturated carbocycles. The van der Waals surface area contributed by atoms with Gasteiger partial charge in [0, 0.05) is 59.0 Å². The SMILES string of the molecule is CC(C)C(=O)CCCCCN(C)C(=O)N(C)CCCCCC(=O)N(C)C(C)C. The molecule has 0 saturated heterocycles. The van der Waals surface area contributed by atoms with Crippen molar-refractivity contribution in [2.24, 2.45) is 5.92 Å². The molecule has 6 nitrogen and oxygen atoms in total. The average molecular weight is 398 g/mol. The zero-order valence-corrected chi connectivity index (χ0v) is 19.3. The Morgan fingerprint density at radius 2 is 1.14 bits per heavy atom. The van der Waals surface area contributed by atoms with E-state index in [1.807, 2.05) is 48.8 Å². The van der Waals surface area contributed by atoms with Crippen LogP contribution in [0.5, 0.6) is 0 Å². The number of urea groups is 1. The number of amides is 3. The van der Waals surface area contributed by atoms with Crippen molar-refractivity contribution in [3.63, 3.8) is 0 Å². The lowest BCUT2D eigenvalue weighted by Gasteiger charge is -2.25. The van der Waals surface area contributed by atoms with Crippen LogP contribution < -0.4 is 0 Å². The third kappa shape index (κ3) is 11.3. The van der Waals surface area contributed by atoms with E-state index in [0.717, 1.165) is 45.1 Å². The summed E-state index contributed by atoms with van der Waals surface area (Å²) in [6, 6.07) is 0.274. The van der Waals surface area contributed by atoms with Gasteiger partial charge in [-0.2, -0.15) is 0 Å². The van der Waals surface area contributed by atoms with Crippen LogP contribution in [-0.4, -0.2) is 72.7 Å². The molecule has 0 aliphatic heterocycles. The fraction of sp³-hybridized carbons (Fsp3) is 0.864. The zero-order chi connectivity index (χ0) is 21.7. The number of carbonyl (C=O) groups is 3. The Morgan fingerprint density at radius 1 is 0.679 bits per heavy atom. The number of hydrogen-bond acceptors (Lipinski definition) is 3. The minimum absolute atomic E-state index is 0.0360. The minimum Gasteiger partial charge on any atom is -0.343 e. The van der Waals surface area contributed by atoms with Crippen LogP contribution in [0.3, 0.4) is 0 Å². The molecule has 0 N–H and O–H groups in total. The summed E-state index contributed by atoms with van der Waals surface area (Å²) in [4.78, 5) is 41.2. The summed E-state index contributed by atoms with van der Waals surface area (Å²) < 4.78 is 0. The van der Waals surface area contributed by atoms with E-state index in [4.69, 9.17) is 0 Å². The van der Waals surface area contributed by atoms with Crippen molar-refractivity contribution < 1.29 is 14.4 Å².